The summed E-state index contributed by atoms with van der Waals surface area (Å²) in [5.74, 6) is 0.799. The van der Waals surface area contributed by atoms with Crippen LogP contribution in [0.1, 0.15) is 28.9 Å². The number of ether oxygens (including phenoxy) is 1. The van der Waals surface area contributed by atoms with E-state index in [2.05, 4.69) is 26.3 Å². The van der Waals surface area contributed by atoms with Crippen molar-refractivity contribution in [3.05, 3.63) is 68.3 Å². The monoisotopic (exact) mass is 471 g/mol. The molecule has 3 rings (SSSR count). The summed E-state index contributed by atoms with van der Waals surface area (Å²) in [6.07, 6.45) is 1.87. The number of nitrogens with zero attached hydrogens (tertiary/aromatic N) is 2. The number of rotatable bonds is 7. The normalized spacial score (nSPS) is 10.8. The fourth-order valence-electron chi connectivity index (χ4n) is 2.29. The second-order valence-corrected chi connectivity index (χ2v) is 7.21. The molecule has 6 nitrogen and oxygen atoms in total. The molecule has 3 aromatic rings. The molecule has 0 aliphatic carbocycles. The summed E-state index contributed by atoms with van der Waals surface area (Å²) >= 11 is 15.5. The summed E-state index contributed by atoms with van der Waals surface area (Å²) in [6.45, 7) is 3.16. The number of benzene rings is 1. The van der Waals surface area contributed by atoms with Gasteiger partial charge < -0.3 is 14.5 Å². The van der Waals surface area contributed by atoms with E-state index in [4.69, 9.17) is 32.4 Å². The fourth-order valence-corrected chi connectivity index (χ4v) is 3.09. The van der Waals surface area contributed by atoms with E-state index in [0.717, 1.165) is 16.7 Å². The van der Waals surface area contributed by atoms with Crippen molar-refractivity contribution in [2.45, 2.75) is 26.6 Å². The predicted molar refractivity (Wildman–Crippen MR) is 106 cm³/mol. The van der Waals surface area contributed by atoms with Gasteiger partial charge in [-0.2, -0.15) is 5.10 Å². The number of hydrogen-bond donors (Lipinski definition) is 1. The minimum absolute atomic E-state index is 0.125. The van der Waals surface area contributed by atoms with Crippen LogP contribution in [0.5, 0.6) is 5.75 Å². The van der Waals surface area contributed by atoms with E-state index < -0.39 is 0 Å². The smallest absolute Gasteiger partial charge is 0.287 e. The third kappa shape index (κ3) is 4.86. The summed E-state index contributed by atoms with van der Waals surface area (Å²) < 4.78 is 13.8. The molecule has 0 aliphatic rings. The summed E-state index contributed by atoms with van der Waals surface area (Å²) in [4.78, 5) is 12.3. The van der Waals surface area contributed by atoms with Crippen molar-refractivity contribution in [2.24, 2.45) is 0 Å². The van der Waals surface area contributed by atoms with Crippen molar-refractivity contribution in [3.63, 3.8) is 0 Å². The third-order valence-electron chi connectivity index (χ3n) is 3.70. The highest BCUT2D eigenvalue weighted by atomic mass is 79.9. The minimum atomic E-state index is -0.333. The van der Waals surface area contributed by atoms with Crippen LogP contribution in [0.2, 0.25) is 10.0 Å². The second kappa shape index (κ2) is 8.82. The molecule has 2 heterocycles. The number of aryl methyl sites for hydroxylation is 1. The van der Waals surface area contributed by atoms with Gasteiger partial charge in [0.2, 0.25) is 0 Å². The average molecular weight is 473 g/mol. The molecule has 9 heteroatoms. The quantitative estimate of drug-likeness (QED) is 0.520. The molecular weight excluding hydrogens is 457 g/mol. The first-order chi connectivity index (χ1) is 13.0. The maximum absolute atomic E-state index is 12.3. The first-order valence-electron chi connectivity index (χ1n) is 8.13. The Hall–Kier alpha value is -1.96. The number of carbonyl (C=O) groups is 1. The average Bonchev–Trinajstić information content (AvgIpc) is 3.27. The number of furan rings is 1. The van der Waals surface area contributed by atoms with Crippen LogP contribution in [0.25, 0.3) is 0 Å². The summed E-state index contributed by atoms with van der Waals surface area (Å²) in [5.41, 5.74) is 0.746. The van der Waals surface area contributed by atoms with Crippen LogP contribution in [0, 0.1) is 0 Å². The van der Waals surface area contributed by atoms with Gasteiger partial charge in [0.05, 0.1) is 21.7 Å². The van der Waals surface area contributed by atoms with E-state index >= 15 is 0 Å². The molecule has 0 fully saturated rings. The van der Waals surface area contributed by atoms with Gasteiger partial charge in [-0.25, -0.2) is 0 Å². The molecule has 0 spiro atoms. The van der Waals surface area contributed by atoms with Crippen molar-refractivity contribution in [3.8, 4) is 5.75 Å². The van der Waals surface area contributed by atoms with Gasteiger partial charge in [-0.15, -0.1) is 0 Å². The molecule has 27 heavy (non-hydrogen) atoms. The van der Waals surface area contributed by atoms with E-state index in [9.17, 15) is 4.79 Å². The number of hydrogen-bond acceptors (Lipinski definition) is 4. The molecule has 0 saturated heterocycles. The Morgan fingerprint density at radius 2 is 2.15 bits per heavy atom. The second-order valence-electron chi connectivity index (χ2n) is 5.57. The number of amides is 1. The molecule has 2 aromatic heterocycles. The van der Waals surface area contributed by atoms with Crippen LogP contribution in [0.3, 0.4) is 0 Å². The highest BCUT2D eigenvalue weighted by Crippen LogP contribution is 2.32. The Bertz CT molecular complexity index is 955. The topological polar surface area (TPSA) is 69.3 Å². The molecule has 0 aliphatic heterocycles. The first-order valence-corrected chi connectivity index (χ1v) is 9.68. The van der Waals surface area contributed by atoms with E-state index in [-0.39, 0.29) is 24.8 Å². The van der Waals surface area contributed by atoms with Crippen LogP contribution in [-0.4, -0.2) is 15.7 Å². The van der Waals surface area contributed by atoms with Gasteiger partial charge in [-0.1, -0.05) is 29.3 Å². The standard InChI is InChI=1S/C18H16BrCl2N3O3/c1-2-24-9-12(19)14(23-24)8-22-18(25)16-7-6-11(27-16)10-26-15-5-3-4-13(20)17(15)21/h3-7,9H,2,8,10H2,1H3,(H,22,25). The molecular formula is C18H16BrCl2N3O3. The van der Waals surface area contributed by atoms with Crippen LogP contribution in [0.15, 0.2) is 45.4 Å². The van der Waals surface area contributed by atoms with E-state index in [0.29, 0.717) is 21.6 Å². The van der Waals surface area contributed by atoms with Gasteiger partial charge in [-0.05, 0) is 47.1 Å². The zero-order valence-electron chi connectivity index (χ0n) is 14.3. The third-order valence-corrected chi connectivity index (χ3v) is 5.16. The van der Waals surface area contributed by atoms with Gasteiger partial charge >= 0.3 is 0 Å². The van der Waals surface area contributed by atoms with Crippen molar-refractivity contribution in [1.29, 1.82) is 0 Å². The van der Waals surface area contributed by atoms with Gasteiger partial charge in [0.1, 0.15) is 23.1 Å². The Kier molecular flexibility index (Phi) is 6.46. The Labute approximate surface area is 174 Å². The molecule has 0 atom stereocenters. The highest BCUT2D eigenvalue weighted by molar-refractivity contribution is 9.10. The van der Waals surface area contributed by atoms with Crippen LogP contribution < -0.4 is 10.1 Å². The van der Waals surface area contributed by atoms with Crippen LogP contribution in [0.4, 0.5) is 0 Å². The maximum atomic E-state index is 12.3. The maximum Gasteiger partial charge on any atom is 0.287 e. The molecule has 0 unspecified atom stereocenters. The molecule has 1 N–H and O–H groups in total. The number of aromatic nitrogens is 2. The largest absolute Gasteiger partial charge is 0.484 e. The van der Waals surface area contributed by atoms with E-state index in [1.54, 1.807) is 35.0 Å². The molecule has 1 amide bonds. The van der Waals surface area contributed by atoms with Gasteiger partial charge in [-0.3, -0.25) is 9.48 Å². The molecule has 0 saturated carbocycles. The summed E-state index contributed by atoms with van der Waals surface area (Å²) in [7, 11) is 0. The van der Waals surface area contributed by atoms with Gasteiger partial charge in [0.15, 0.2) is 5.76 Å². The Morgan fingerprint density at radius 3 is 2.89 bits per heavy atom. The number of carbonyl (C=O) groups excluding carboxylic acids is 1. The zero-order valence-corrected chi connectivity index (χ0v) is 17.4. The lowest BCUT2D eigenvalue weighted by Crippen LogP contribution is -2.22. The first kappa shape index (κ1) is 19.8. The molecule has 0 bridgehead atoms. The minimum Gasteiger partial charge on any atom is -0.484 e. The van der Waals surface area contributed by atoms with Gasteiger partial charge in [0, 0.05) is 12.7 Å². The molecule has 0 radical (unpaired) electrons. The SMILES string of the molecule is CCn1cc(Br)c(CNC(=O)c2ccc(COc3cccc(Cl)c3Cl)o2)n1. The lowest BCUT2D eigenvalue weighted by atomic mass is 10.3. The van der Waals surface area contributed by atoms with Gasteiger partial charge in [0.25, 0.3) is 5.91 Å². The lowest BCUT2D eigenvalue weighted by molar-refractivity contribution is 0.0918. The van der Waals surface area contributed by atoms with Crippen molar-refractivity contribution in [1.82, 2.24) is 15.1 Å². The predicted octanol–water partition coefficient (Wildman–Crippen LogP) is 5.07. The number of halogens is 3. The van der Waals surface area contributed by atoms with Crippen molar-refractivity contribution in [2.75, 3.05) is 0 Å². The van der Waals surface area contributed by atoms with Crippen LogP contribution >= 0.6 is 39.1 Å². The van der Waals surface area contributed by atoms with E-state index in [1.165, 1.54) is 0 Å². The van der Waals surface area contributed by atoms with Crippen molar-refractivity contribution < 1.29 is 13.9 Å². The summed E-state index contributed by atoms with van der Waals surface area (Å²) in [6, 6.07) is 8.39. The molecule has 1 aromatic carbocycles. The van der Waals surface area contributed by atoms with E-state index in [1.807, 2.05) is 13.1 Å². The number of nitrogens with one attached hydrogen (secondary N) is 1. The Morgan fingerprint density at radius 1 is 1.33 bits per heavy atom. The van der Waals surface area contributed by atoms with Crippen LogP contribution in [-0.2, 0) is 19.7 Å². The lowest BCUT2D eigenvalue weighted by Gasteiger charge is -2.07. The summed E-state index contributed by atoms with van der Waals surface area (Å²) in [5, 5.41) is 7.88. The molecule has 142 valence electrons. The zero-order chi connectivity index (χ0) is 19.4. The highest BCUT2D eigenvalue weighted by Gasteiger charge is 2.14. The Balaban J connectivity index is 1.57. The fraction of sp³-hybridized carbons (Fsp3) is 0.222. The van der Waals surface area contributed by atoms with Crippen molar-refractivity contribution >= 4 is 45.0 Å².